The number of carbonyl (C=O) groups excluding carboxylic acids is 2. The molecule has 0 spiro atoms. The minimum absolute atomic E-state index is 0.0199. The lowest BCUT2D eigenvalue weighted by atomic mass is 9.40. The van der Waals surface area contributed by atoms with Crippen molar-refractivity contribution in [3.63, 3.8) is 0 Å². The molecular formula is C24H34O6. The van der Waals surface area contributed by atoms with Crippen molar-refractivity contribution < 1.29 is 28.5 Å². The van der Waals surface area contributed by atoms with Gasteiger partial charge in [-0.05, 0) is 49.7 Å². The number of allylic oxidation sites excluding steroid dienone is 4. The summed E-state index contributed by atoms with van der Waals surface area (Å²) in [6.45, 7) is 10.7. The highest BCUT2D eigenvalue weighted by atomic mass is 16.7. The normalized spacial score (nSPS) is 45.5. The molecule has 1 saturated carbocycles. The number of rotatable bonds is 4. The molecule has 1 aliphatic heterocycles. The minimum atomic E-state index is -0.869. The Morgan fingerprint density at radius 2 is 1.87 bits per heavy atom. The molecule has 0 radical (unpaired) electrons. The summed E-state index contributed by atoms with van der Waals surface area (Å²) in [6.07, 6.45) is 2.79. The highest BCUT2D eigenvalue weighted by molar-refractivity contribution is 6.07. The topological polar surface area (TPSA) is 71.1 Å². The largest absolute Gasteiger partial charge is 0.493 e. The summed E-state index contributed by atoms with van der Waals surface area (Å²) in [6, 6.07) is 0. The SMILES string of the molecule is CCO[C@@H]1C[C@H]2C(C)=C(OC)C(=O)[C@@H]3[C@@]4(C)C(=O)C(OC)=C[C@@H](C)[C@@H]4C[C@@H](O1)[C@]32C. The van der Waals surface area contributed by atoms with Crippen LogP contribution in [0.1, 0.15) is 47.5 Å². The third-order valence-corrected chi connectivity index (χ3v) is 8.55. The van der Waals surface area contributed by atoms with Crippen molar-refractivity contribution in [1.82, 2.24) is 0 Å². The summed E-state index contributed by atoms with van der Waals surface area (Å²) in [4.78, 5) is 27.6. The highest BCUT2D eigenvalue weighted by Gasteiger charge is 2.71. The molecule has 6 heteroatoms. The Labute approximate surface area is 179 Å². The first-order valence-corrected chi connectivity index (χ1v) is 11.0. The van der Waals surface area contributed by atoms with E-state index in [-0.39, 0.29) is 41.7 Å². The lowest BCUT2D eigenvalue weighted by molar-refractivity contribution is -0.284. The van der Waals surface area contributed by atoms with E-state index < -0.39 is 16.7 Å². The van der Waals surface area contributed by atoms with E-state index in [9.17, 15) is 9.59 Å². The van der Waals surface area contributed by atoms with Crippen LogP contribution in [0.4, 0.5) is 0 Å². The number of hydrogen-bond acceptors (Lipinski definition) is 6. The quantitative estimate of drug-likeness (QED) is 0.694. The molecule has 0 bridgehead atoms. The summed E-state index contributed by atoms with van der Waals surface area (Å²) >= 11 is 0. The highest BCUT2D eigenvalue weighted by Crippen LogP contribution is 2.67. The summed E-state index contributed by atoms with van der Waals surface area (Å²) in [5.41, 5.74) is -0.430. The van der Waals surface area contributed by atoms with Crippen molar-refractivity contribution >= 4 is 11.6 Å². The second kappa shape index (κ2) is 7.20. The molecule has 8 atom stereocenters. The first-order chi connectivity index (χ1) is 14.2. The molecule has 2 fully saturated rings. The molecule has 1 saturated heterocycles. The maximum atomic E-state index is 13.9. The van der Waals surface area contributed by atoms with Gasteiger partial charge in [-0.1, -0.05) is 20.8 Å². The molecule has 0 aromatic rings. The van der Waals surface area contributed by atoms with Crippen LogP contribution >= 0.6 is 0 Å². The first-order valence-electron chi connectivity index (χ1n) is 11.0. The minimum Gasteiger partial charge on any atom is -0.493 e. The summed E-state index contributed by atoms with van der Waals surface area (Å²) in [5.74, 6) is 0.183. The van der Waals surface area contributed by atoms with E-state index in [0.29, 0.717) is 31.0 Å². The summed E-state index contributed by atoms with van der Waals surface area (Å²) < 4.78 is 23.4. The third kappa shape index (κ3) is 2.56. The van der Waals surface area contributed by atoms with E-state index in [0.717, 1.165) is 5.57 Å². The zero-order valence-corrected chi connectivity index (χ0v) is 19.1. The van der Waals surface area contributed by atoms with Crippen molar-refractivity contribution in [2.75, 3.05) is 20.8 Å². The Hall–Kier alpha value is -1.66. The van der Waals surface area contributed by atoms with Crippen LogP contribution in [0.25, 0.3) is 0 Å². The van der Waals surface area contributed by atoms with Crippen molar-refractivity contribution in [2.45, 2.75) is 59.9 Å². The van der Waals surface area contributed by atoms with Crippen molar-refractivity contribution in [3.8, 4) is 0 Å². The molecule has 0 amide bonds. The average Bonchev–Trinajstić information content (AvgIpc) is 2.69. The predicted octanol–water partition coefficient (Wildman–Crippen LogP) is 3.66. The second-order valence-electron chi connectivity index (χ2n) is 9.73. The van der Waals surface area contributed by atoms with Crippen LogP contribution in [0, 0.1) is 34.5 Å². The van der Waals surface area contributed by atoms with Crippen LogP contribution in [-0.4, -0.2) is 44.8 Å². The zero-order chi connectivity index (χ0) is 22.0. The monoisotopic (exact) mass is 418 g/mol. The van der Waals surface area contributed by atoms with Gasteiger partial charge in [0.2, 0.25) is 11.6 Å². The average molecular weight is 419 g/mol. The molecule has 4 rings (SSSR count). The van der Waals surface area contributed by atoms with E-state index >= 15 is 0 Å². The molecule has 4 aliphatic rings. The molecule has 3 aliphatic carbocycles. The fraction of sp³-hybridized carbons (Fsp3) is 0.750. The number of ether oxygens (including phenoxy) is 4. The summed E-state index contributed by atoms with van der Waals surface area (Å²) in [7, 11) is 3.07. The molecule has 6 nitrogen and oxygen atoms in total. The molecule has 30 heavy (non-hydrogen) atoms. The van der Waals surface area contributed by atoms with E-state index in [2.05, 4.69) is 13.8 Å². The molecule has 1 heterocycles. The Balaban J connectivity index is 1.93. The van der Waals surface area contributed by atoms with Crippen LogP contribution in [0.2, 0.25) is 0 Å². The van der Waals surface area contributed by atoms with Gasteiger partial charge in [0.25, 0.3) is 0 Å². The van der Waals surface area contributed by atoms with E-state index in [1.165, 1.54) is 7.11 Å². The van der Waals surface area contributed by atoms with E-state index in [1.54, 1.807) is 7.11 Å². The standard InChI is InChI=1S/C24H34O6/c1-8-29-18-11-15-13(3)20(28-7)19(25)21-23(15,4)17(30-18)10-14-12(2)9-16(27-6)22(26)24(14,21)5/h9,12,14-15,17-18,21H,8,10-11H2,1-7H3/t12-,14+,15+,17-,18+,21+,23-,24+/m1/s1. The van der Waals surface area contributed by atoms with Crippen molar-refractivity contribution in [2.24, 2.45) is 34.5 Å². The third-order valence-electron chi connectivity index (χ3n) is 8.55. The van der Waals surface area contributed by atoms with Crippen LogP contribution in [-0.2, 0) is 28.5 Å². The number of carbonyl (C=O) groups is 2. The molecular weight excluding hydrogens is 384 g/mol. The zero-order valence-electron chi connectivity index (χ0n) is 19.1. The van der Waals surface area contributed by atoms with Gasteiger partial charge in [-0.2, -0.15) is 0 Å². The van der Waals surface area contributed by atoms with Crippen molar-refractivity contribution in [1.29, 1.82) is 0 Å². The predicted molar refractivity (Wildman–Crippen MR) is 110 cm³/mol. The Kier molecular flexibility index (Phi) is 5.17. The van der Waals surface area contributed by atoms with Gasteiger partial charge < -0.3 is 18.9 Å². The number of hydrogen-bond donors (Lipinski definition) is 0. The molecule has 0 N–H and O–H groups in total. The molecule has 166 valence electrons. The summed E-state index contributed by atoms with van der Waals surface area (Å²) in [5, 5.41) is 0. The van der Waals surface area contributed by atoms with Gasteiger partial charge in [-0.15, -0.1) is 0 Å². The van der Waals surface area contributed by atoms with Gasteiger partial charge in [0.15, 0.2) is 17.8 Å². The first kappa shape index (κ1) is 21.6. The Morgan fingerprint density at radius 1 is 1.17 bits per heavy atom. The van der Waals surface area contributed by atoms with Crippen LogP contribution in [0.5, 0.6) is 0 Å². The van der Waals surface area contributed by atoms with Crippen LogP contribution in [0.15, 0.2) is 23.2 Å². The number of fused-ring (bicyclic) bond motifs is 2. The van der Waals surface area contributed by atoms with Gasteiger partial charge in [0, 0.05) is 29.8 Å². The fourth-order valence-electron chi connectivity index (χ4n) is 7.24. The molecule has 0 unspecified atom stereocenters. The van der Waals surface area contributed by atoms with E-state index in [1.807, 2.05) is 26.8 Å². The molecule has 0 aromatic carbocycles. The lowest BCUT2D eigenvalue weighted by Gasteiger charge is -2.65. The maximum Gasteiger partial charge on any atom is 0.203 e. The Morgan fingerprint density at radius 3 is 2.47 bits per heavy atom. The number of ketones is 2. The van der Waals surface area contributed by atoms with Crippen LogP contribution in [0.3, 0.4) is 0 Å². The lowest BCUT2D eigenvalue weighted by Crippen LogP contribution is -2.69. The Bertz CT molecular complexity index is 828. The van der Waals surface area contributed by atoms with Gasteiger partial charge in [-0.3, -0.25) is 9.59 Å². The fourth-order valence-corrected chi connectivity index (χ4v) is 7.24. The number of methoxy groups -OCH3 is 2. The number of Topliss-reactive ketones (excluding diaryl/α,β-unsaturated/α-hetero) is 2. The second-order valence-corrected chi connectivity index (χ2v) is 9.73. The van der Waals surface area contributed by atoms with Gasteiger partial charge in [0.1, 0.15) is 0 Å². The molecule has 0 aromatic heterocycles. The van der Waals surface area contributed by atoms with E-state index in [4.69, 9.17) is 18.9 Å². The maximum absolute atomic E-state index is 13.9. The van der Waals surface area contributed by atoms with Crippen molar-refractivity contribution in [3.05, 3.63) is 23.2 Å². The smallest absolute Gasteiger partial charge is 0.203 e. The van der Waals surface area contributed by atoms with Gasteiger partial charge >= 0.3 is 0 Å². The van der Waals surface area contributed by atoms with Gasteiger partial charge in [-0.25, -0.2) is 0 Å². The van der Waals surface area contributed by atoms with Gasteiger partial charge in [0.05, 0.1) is 20.3 Å². The van der Waals surface area contributed by atoms with Crippen LogP contribution < -0.4 is 0 Å².